The van der Waals surface area contributed by atoms with Gasteiger partial charge >= 0.3 is 5.97 Å². The van der Waals surface area contributed by atoms with Crippen molar-refractivity contribution in [3.8, 4) is 0 Å². The van der Waals surface area contributed by atoms with Crippen LogP contribution in [0.15, 0.2) is 48.6 Å². The highest BCUT2D eigenvalue weighted by atomic mass is 31.2. The van der Waals surface area contributed by atoms with Crippen LogP contribution < -0.4 is 4.89 Å². The Hall–Kier alpha value is -1.54. The molecule has 0 aliphatic heterocycles. The third-order valence-corrected chi connectivity index (χ3v) is 8.36. The van der Waals surface area contributed by atoms with Crippen molar-refractivity contribution in [2.75, 3.05) is 54.1 Å². The van der Waals surface area contributed by atoms with Gasteiger partial charge in [0.2, 0.25) is 0 Å². The maximum Gasteiger partial charge on any atom is 0.306 e. The molecular weight excluding hydrogens is 613 g/mol. The van der Waals surface area contributed by atoms with Crippen molar-refractivity contribution in [1.82, 2.24) is 0 Å². The average Bonchev–Trinajstić information content (AvgIpc) is 3.01. The zero-order chi connectivity index (χ0) is 34.9. The minimum atomic E-state index is -4.51. The number of nitrogens with zero attached hydrogens (tertiary/aromatic N) is 1. The Morgan fingerprint density at radius 2 is 1.23 bits per heavy atom. The van der Waals surface area contributed by atoms with Crippen molar-refractivity contribution in [3.63, 3.8) is 0 Å². The Morgan fingerprint density at radius 3 is 1.85 bits per heavy atom. The van der Waals surface area contributed by atoms with Gasteiger partial charge in [-0.1, -0.05) is 120 Å². The molecule has 0 fully saturated rings. The Labute approximate surface area is 288 Å². The lowest BCUT2D eigenvalue weighted by atomic mass is 10.1. The molecule has 0 heterocycles. The Morgan fingerprint density at radius 1 is 0.681 bits per heavy atom. The Kier molecular flexibility index (Phi) is 30.7. The molecule has 0 aliphatic rings. The number of carbonyl (C=O) groups is 1. The summed E-state index contributed by atoms with van der Waals surface area (Å²) < 4.78 is 34.2. The van der Waals surface area contributed by atoms with E-state index < -0.39 is 13.9 Å². The molecule has 9 heteroatoms. The van der Waals surface area contributed by atoms with Gasteiger partial charge in [-0.25, -0.2) is 0 Å². The summed E-state index contributed by atoms with van der Waals surface area (Å²) in [5, 5.41) is 0. The standard InChI is InChI=1S/C38H70NO7P/c1-6-8-10-12-14-15-16-17-18-19-20-21-22-23-24-25-26-27-29-31-38(40)46-37(35-43-33-30-28-13-11-9-7-2)36-45-47(41,42)44-34-32-39(3,4)5/h8,10,14-15,17-18,20-21,37H,6-7,9,11-13,16,19,22-36H2,1-5H3/b10-8-,15-14-,18-17-,21-20-. The lowest BCUT2D eigenvalue weighted by molar-refractivity contribution is -0.870. The Balaban J connectivity index is 4.22. The number of allylic oxidation sites excluding steroid dienone is 8. The fourth-order valence-electron chi connectivity index (χ4n) is 4.53. The number of likely N-dealkylation sites (N-methyl/N-ethyl adjacent to an activating group) is 1. The minimum Gasteiger partial charge on any atom is -0.756 e. The maximum absolute atomic E-state index is 12.5. The summed E-state index contributed by atoms with van der Waals surface area (Å²) in [6, 6.07) is 0. The van der Waals surface area contributed by atoms with Crippen molar-refractivity contribution < 1.29 is 37.3 Å². The van der Waals surface area contributed by atoms with Crippen molar-refractivity contribution >= 4 is 13.8 Å². The first-order valence-electron chi connectivity index (χ1n) is 18.4. The van der Waals surface area contributed by atoms with E-state index in [1.54, 1.807) is 0 Å². The molecular formula is C38H70NO7P. The first-order valence-corrected chi connectivity index (χ1v) is 19.8. The van der Waals surface area contributed by atoms with E-state index in [9.17, 15) is 14.3 Å². The SMILES string of the molecule is CC/C=C\C/C=C\C/C=C\C/C=C\CCCCCCCCC(=O)OC(COCCCCCCCC)COP(=O)([O-])OCC[N+](C)(C)C. The fourth-order valence-corrected chi connectivity index (χ4v) is 5.26. The van der Waals surface area contributed by atoms with E-state index in [1.807, 2.05) is 21.1 Å². The normalized spacial score (nSPS) is 14.6. The second-order valence-corrected chi connectivity index (χ2v) is 14.6. The van der Waals surface area contributed by atoms with Crippen LogP contribution >= 0.6 is 7.82 Å². The van der Waals surface area contributed by atoms with E-state index >= 15 is 0 Å². The quantitative estimate of drug-likeness (QED) is 0.0224. The summed E-state index contributed by atoms with van der Waals surface area (Å²) in [6.07, 6.45) is 35.6. The van der Waals surface area contributed by atoms with E-state index in [0.717, 1.165) is 70.6 Å². The molecule has 0 aromatic carbocycles. The van der Waals surface area contributed by atoms with Gasteiger partial charge in [-0.05, 0) is 51.4 Å². The number of phosphoric ester groups is 1. The van der Waals surface area contributed by atoms with Crippen molar-refractivity contribution in [1.29, 1.82) is 0 Å². The summed E-state index contributed by atoms with van der Waals surface area (Å²) in [4.78, 5) is 24.8. The van der Waals surface area contributed by atoms with Crippen LogP contribution in [0.2, 0.25) is 0 Å². The number of esters is 1. The topological polar surface area (TPSA) is 94.1 Å². The van der Waals surface area contributed by atoms with Crippen LogP contribution in [0.25, 0.3) is 0 Å². The summed E-state index contributed by atoms with van der Waals surface area (Å²) in [5.41, 5.74) is 0. The molecule has 274 valence electrons. The molecule has 0 aliphatic carbocycles. The van der Waals surface area contributed by atoms with E-state index in [4.69, 9.17) is 18.5 Å². The van der Waals surface area contributed by atoms with Gasteiger partial charge < -0.3 is 27.9 Å². The number of carbonyl (C=O) groups excluding carboxylic acids is 1. The van der Waals surface area contributed by atoms with Crippen LogP contribution in [0.3, 0.4) is 0 Å². The van der Waals surface area contributed by atoms with Gasteiger partial charge in [0.05, 0.1) is 34.4 Å². The second kappa shape index (κ2) is 31.7. The zero-order valence-electron chi connectivity index (χ0n) is 30.7. The van der Waals surface area contributed by atoms with Gasteiger partial charge in [0.15, 0.2) is 0 Å². The van der Waals surface area contributed by atoms with Crippen molar-refractivity contribution in [2.24, 2.45) is 0 Å². The molecule has 0 rings (SSSR count). The molecule has 2 atom stereocenters. The van der Waals surface area contributed by atoms with Crippen LogP contribution in [0.5, 0.6) is 0 Å². The second-order valence-electron chi connectivity index (χ2n) is 13.2. The molecule has 2 unspecified atom stereocenters. The van der Waals surface area contributed by atoms with Crippen molar-refractivity contribution in [3.05, 3.63) is 48.6 Å². The van der Waals surface area contributed by atoms with Gasteiger partial charge in [0.1, 0.15) is 19.3 Å². The molecule has 8 nitrogen and oxygen atoms in total. The molecule has 0 aromatic rings. The molecule has 0 radical (unpaired) electrons. The number of phosphoric acid groups is 1. The lowest BCUT2D eigenvalue weighted by Crippen LogP contribution is -2.37. The number of ether oxygens (including phenoxy) is 2. The molecule has 0 saturated heterocycles. The molecule has 0 saturated carbocycles. The number of hydrogen-bond acceptors (Lipinski definition) is 7. The summed E-state index contributed by atoms with van der Waals surface area (Å²) in [6.45, 7) is 5.20. The van der Waals surface area contributed by atoms with Crippen LogP contribution in [0, 0.1) is 0 Å². The highest BCUT2D eigenvalue weighted by Gasteiger charge is 2.20. The molecule has 0 bridgehead atoms. The summed E-state index contributed by atoms with van der Waals surface area (Å²) in [7, 11) is 1.34. The van der Waals surface area contributed by atoms with Gasteiger partial charge in [0.25, 0.3) is 7.82 Å². The molecule has 47 heavy (non-hydrogen) atoms. The average molecular weight is 684 g/mol. The highest BCUT2D eigenvalue weighted by molar-refractivity contribution is 7.45. The number of unbranched alkanes of at least 4 members (excludes halogenated alkanes) is 11. The molecule has 0 N–H and O–H groups in total. The van der Waals surface area contributed by atoms with Gasteiger partial charge in [-0.15, -0.1) is 0 Å². The first kappa shape index (κ1) is 45.5. The first-order chi connectivity index (χ1) is 22.6. The highest BCUT2D eigenvalue weighted by Crippen LogP contribution is 2.38. The molecule has 0 spiro atoms. The maximum atomic E-state index is 12.5. The largest absolute Gasteiger partial charge is 0.756 e. The molecule has 0 amide bonds. The van der Waals surface area contributed by atoms with E-state index in [1.165, 1.54) is 38.5 Å². The van der Waals surface area contributed by atoms with Crippen LogP contribution in [-0.4, -0.2) is 70.7 Å². The van der Waals surface area contributed by atoms with Gasteiger partial charge in [0, 0.05) is 13.0 Å². The van der Waals surface area contributed by atoms with Gasteiger partial charge in [-0.2, -0.15) is 0 Å². The summed E-state index contributed by atoms with van der Waals surface area (Å²) >= 11 is 0. The van der Waals surface area contributed by atoms with E-state index in [0.29, 0.717) is 24.1 Å². The lowest BCUT2D eigenvalue weighted by Gasteiger charge is -2.28. The van der Waals surface area contributed by atoms with E-state index in [2.05, 4.69) is 62.5 Å². The zero-order valence-corrected chi connectivity index (χ0v) is 31.6. The monoisotopic (exact) mass is 683 g/mol. The van der Waals surface area contributed by atoms with Crippen LogP contribution in [0.1, 0.15) is 129 Å². The van der Waals surface area contributed by atoms with Crippen molar-refractivity contribution in [2.45, 2.75) is 136 Å². The van der Waals surface area contributed by atoms with E-state index in [-0.39, 0.29) is 25.8 Å². The number of rotatable bonds is 33. The smallest absolute Gasteiger partial charge is 0.306 e. The number of quaternary nitrogens is 1. The third-order valence-electron chi connectivity index (χ3n) is 7.39. The number of hydrogen-bond donors (Lipinski definition) is 0. The summed E-state index contributed by atoms with van der Waals surface area (Å²) in [5.74, 6) is -0.354. The Bertz CT molecular complexity index is 895. The minimum absolute atomic E-state index is 0.0215. The predicted octanol–water partition coefficient (Wildman–Crippen LogP) is 9.41. The van der Waals surface area contributed by atoms with Gasteiger partial charge in [-0.3, -0.25) is 9.36 Å². The molecule has 0 aromatic heterocycles. The van der Waals surface area contributed by atoms with Crippen LogP contribution in [-0.2, 0) is 27.9 Å². The fraction of sp³-hybridized carbons (Fsp3) is 0.763. The third kappa shape index (κ3) is 35.6. The van der Waals surface area contributed by atoms with Crippen LogP contribution in [0.4, 0.5) is 0 Å². The predicted molar refractivity (Wildman–Crippen MR) is 194 cm³/mol.